The van der Waals surface area contributed by atoms with E-state index in [0.29, 0.717) is 6.08 Å². The average molecular weight is 418 g/mol. The van der Waals surface area contributed by atoms with Gasteiger partial charge in [0.2, 0.25) is 0 Å². The summed E-state index contributed by atoms with van der Waals surface area (Å²) in [7, 11) is 0. The zero-order valence-corrected chi connectivity index (χ0v) is 15.8. The fourth-order valence-corrected chi connectivity index (χ4v) is 3.54. The summed E-state index contributed by atoms with van der Waals surface area (Å²) in [6.45, 7) is 1.54. The van der Waals surface area contributed by atoms with E-state index in [-0.39, 0.29) is 17.9 Å². The van der Waals surface area contributed by atoms with E-state index in [1.165, 1.54) is 0 Å². The molecule has 0 radical (unpaired) electrons. The van der Waals surface area contributed by atoms with Gasteiger partial charge >= 0.3 is 11.9 Å². The van der Waals surface area contributed by atoms with Crippen LogP contribution in [0.5, 0.6) is 0 Å². The number of halogens is 1. The van der Waals surface area contributed by atoms with Crippen molar-refractivity contribution >= 4 is 27.9 Å². The predicted octanol–water partition coefficient (Wildman–Crippen LogP) is 3.78. The molecule has 5 nitrogen and oxygen atoms in total. The van der Waals surface area contributed by atoms with E-state index < -0.39 is 17.5 Å². The molecule has 0 heterocycles. The Morgan fingerprint density at radius 3 is 2.23 bits per heavy atom. The molecular formula is C20H20BrNO4. The van der Waals surface area contributed by atoms with Gasteiger partial charge in [-0.1, -0.05) is 64.5 Å². The maximum atomic E-state index is 11.6. The lowest BCUT2D eigenvalue weighted by Gasteiger charge is -2.31. The van der Waals surface area contributed by atoms with E-state index in [9.17, 15) is 14.7 Å². The van der Waals surface area contributed by atoms with Crippen LogP contribution < -0.4 is 5.73 Å². The number of carboxylic acid groups (broad SMARTS) is 2. The van der Waals surface area contributed by atoms with Gasteiger partial charge < -0.3 is 15.9 Å². The second kappa shape index (κ2) is 8.29. The molecule has 0 aliphatic heterocycles. The first-order chi connectivity index (χ1) is 12.2. The van der Waals surface area contributed by atoms with Crippen LogP contribution in [0.15, 0.2) is 70.7 Å². The molecule has 0 saturated carbocycles. The standard InChI is InChI=1S/C20H20BrNO4/c1-20(22,16(19(25)26)11-18(23)24)12-15(13-7-3-2-4-8-13)14-9-5-6-10-17(14)21/h2-11,15H,12,22H2,1H3,(H,23,24)(H,25,26)/b16-11-. The Bertz CT molecular complexity index is 831. The van der Waals surface area contributed by atoms with Gasteiger partial charge in [-0.05, 0) is 30.5 Å². The molecule has 2 aromatic rings. The van der Waals surface area contributed by atoms with Gasteiger partial charge in [-0.2, -0.15) is 0 Å². The quantitative estimate of drug-likeness (QED) is 0.594. The summed E-state index contributed by atoms with van der Waals surface area (Å²) in [6, 6.07) is 17.2. The van der Waals surface area contributed by atoms with Crippen molar-refractivity contribution in [2.45, 2.75) is 24.8 Å². The Labute approximate surface area is 160 Å². The maximum absolute atomic E-state index is 11.6. The molecule has 2 aromatic carbocycles. The summed E-state index contributed by atoms with van der Waals surface area (Å²) in [5.74, 6) is -2.88. The molecule has 2 atom stereocenters. The highest BCUT2D eigenvalue weighted by Gasteiger charge is 2.34. The minimum absolute atomic E-state index is 0.210. The van der Waals surface area contributed by atoms with Gasteiger partial charge in [0.15, 0.2) is 0 Å². The molecule has 0 aromatic heterocycles. The van der Waals surface area contributed by atoms with Crippen molar-refractivity contribution in [1.82, 2.24) is 0 Å². The molecule has 0 aliphatic carbocycles. The fraction of sp³-hybridized carbons (Fsp3) is 0.200. The van der Waals surface area contributed by atoms with Crippen LogP contribution in [0.1, 0.15) is 30.4 Å². The van der Waals surface area contributed by atoms with Crippen LogP contribution in [0, 0.1) is 0 Å². The Morgan fingerprint density at radius 1 is 1.12 bits per heavy atom. The predicted molar refractivity (Wildman–Crippen MR) is 103 cm³/mol. The molecule has 2 rings (SSSR count). The summed E-state index contributed by atoms with van der Waals surface area (Å²) < 4.78 is 0.878. The fourth-order valence-electron chi connectivity index (χ4n) is 2.98. The van der Waals surface area contributed by atoms with Crippen molar-refractivity contribution < 1.29 is 19.8 Å². The topological polar surface area (TPSA) is 101 Å². The molecule has 4 N–H and O–H groups in total. The Kier molecular flexibility index (Phi) is 6.34. The molecule has 0 bridgehead atoms. The van der Waals surface area contributed by atoms with Gasteiger partial charge in [0, 0.05) is 22.0 Å². The van der Waals surface area contributed by atoms with Crippen LogP contribution in [-0.2, 0) is 9.59 Å². The van der Waals surface area contributed by atoms with Gasteiger partial charge in [0.1, 0.15) is 0 Å². The van der Waals surface area contributed by atoms with E-state index in [0.717, 1.165) is 15.6 Å². The SMILES string of the molecule is CC(N)(CC(c1ccccc1)c1ccccc1Br)/C(=C\C(=O)O)C(=O)O. The summed E-state index contributed by atoms with van der Waals surface area (Å²) >= 11 is 3.54. The van der Waals surface area contributed by atoms with Crippen LogP contribution in [-0.4, -0.2) is 27.7 Å². The maximum Gasteiger partial charge on any atom is 0.333 e. The molecule has 2 unspecified atom stereocenters. The minimum atomic E-state index is -1.35. The molecule has 26 heavy (non-hydrogen) atoms. The van der Waals surface area contributed by atoms with Crippen molar-refractivity contribution in [2.75, 3.05) is 0 Å². The van der Waals surface area contributed by atoms with Crippen molar-refractivity contribution in [2.24, 2.45) is 5.73 Å². The number of aliphatic carboxylic acids is 2. The highest BCUT2D eigenvalue weighted by atomic mass is 79.9. The van der Waals surface area contributed by atoms with Crippen LogP contribution in [0.4, 0.5) is 0 Å². The second-order valence-electron chi connectivity index (χ2n) is 6.31. The smallest absolute Gasteiger partial charge is 0.333 e. The third kappa shape index (κ3) is 4.80. The first-order valence-electron chi connectivity index (χ1n) is 7.99. The largest absolute Gasteiger partial charge is 0.478 e. The van der Waals surface area contributed by atoms with Crippen molar-refractivity contribution in [3.8, 4) is 0 Å². The van der Waals surface area contributed by atoms with Gasteiger partial charge in [-0.15, -0.1) is 0 Å². The Morgan fingerprint density at radius 2 is 1.69 bits per heavy atom. The average Bonchev–Trinajstić information content (AvgIpc) is 2.58. The van der Waals surface area contributed by atoms with Gasteiger partial charge in [-0.3, -0.25) is 0 Å². The highest BCUT2D eigenvalue weighted by molar-refractivity contribution is 9.10. The third-order valence-electron chi connectivity index (χ3n) is 4.22. The number of hydrogen-bond donors (Lipinski definition) is 3. The molecule has 136 valence electrons. The lowest BCUT2D eigenvalue weighted by atomic mass is 9.77. The molecule has 0 saturated heterocycles. The number of hydrogen-bond acceptors (Lipinski definition) is 3. The zero-order valence-electron chi connectivity index (χ0n) is 14.2. The van der Waals surface area contributed by atoms with Crippen LogP contribution in [0.2, 0.25) is 0 Å². The summed E-state index contributed by atoms with van der Waals surface area (Å²) in [5.41, 5.74) is 6.55. The summed E-state index contributed by atoms with van der Waals surface area (Å²) in [5, 5.41) is 18.5. The van der Waals surface area contributed by atoms with E-state index in [1.54, 1.807) is 6.92 Å². The van der Waals surface area contributed by atoms with E-state index in [1.807, 2.05) is 54.6 Å². The number of benzene rings is 2. The number of rotatable bonds is 7. The zero-order chi connectivity index (χ0) is 19.3. The van der Waals surface area contributed by atoms with Gasteiger partial charge in [-0.25, -0.2) is 9.59 Å². The monoisotopic (exact) mass is 417 g/mol. The second-order valence-corrected chi connectivity index (χ2v) is 7.16. The molecular weight excluding hydrogens is 398 g/mol. The molecule has 0 spiro atoms. The first-order valence-corrected chi connectivity index (χ1v) is 8.78. The van der Waals surface area contributed by atoms with Gasteiger partial charge in [0.05, 0.1) is 5.57 Å². The van der Waals surface area contributed by atoms with Crippen LogP contribution >= 0.6 is 15.9 Å². The number of carbonyl (C=O) groups is 2. The summed E-state index contributed by atoms with van der Waals surface area (Å²) in [4.78, 5) is 22.6. The molecule has 0 fully saturated rings. The molecule has 0 amide bonds. The highest BCUT2D eigenvalue weighted by Crippen LogP contribution is 2.37. The Balaban J connectivity index is 2.52. The van der Waals surface area contributed by atoms with Crippen molar-refractivity contribution in [3.63, 3.8) is 0 Å². The Hall–Kier alpha value is -2.44. The van der Waals surface area contributed by atoms with Crippen LogP contribution in [0.25, 0.3) is 0 Å². The van der Waals surface area contributed by atoms with Gasteiger partial charge in [0.25, 0.3) is 0 Å². The summed E-state index contributed by atoms with van der Waals surface area (Å²) in [6.07, 6.45) is 0.898. The third-order valence-corrected chi connectivity index (χ3v) is 4.95. The van der Waals surface area contributed by atoms with E-state index in [2.05, 4.69) is 15.9 Å². The lowest BCUT2D eigenvalue weighted by molar-refractivity contribution is -0.135. The number of nitrogens with two attached hydrogens (primary N) is 1. The minimum Gasteiger partial charge on any atom is -0.478 e. The molecule has 6 heteroatoms. The first kappa shape index (κ1) is 19.9. The lowest BCUT2D eigenvalue weighted by Crippen LogP contribution is -2.43. The van der Waals surface area contributed by atoms with Crippen LogP contribution in [0.3, 0.4) is 0 Å². The van der Waals surface area contributed by atoms with Crippen molar-refractivity contribution in [1.29, 1.82) is 0 Å². The van der Waals surface area contributed by atoms with E-state index >= 15 is 0 Å². The normalized spacial score (nSPS) is 15.1. The van der Waals surface area contributed by atoms with Crippen molar-refractivity contribution in [3.05, 3.63) is 81.8 Å². The number of carboxylic acids is 2. The molecule has 0 aliphatic rings. The van der Waals surface area contributed by atoms with E-state index in [4.69, 9.17) is 10.8 Å².